The number of ether oxygens (including phenoxy) is 1. The first-order valence-electron chi connectivity index (χ1n) is 9.63. The van der Waals surface area contributed by atoms with Gasteiger partial charge in [-0.3, -0.25) is 0 Å². The third-order valence-corrected chi connectivity index (χ3v) is 4.44. The highest BCUT2D eigenvalue weighted by Gasteiger charge is 2.14. The number of quaternary nitrogens is 1. The van der Waals surface area contributed by atoms with Crippen molar-refractivity contribution in [3.63, 3.8) is 0 Å². The average Bonchev–Trinajstić information content (AvgIpc) is 2.53. The lowest BCUT2D eigenvalue weighted by Gasteiger charge is -2.29. The first-order valence-corrected chi connectivity index (χ1v) is 9.63. The first kappa shape index (κ1) is 25.7. The van der Waals surface area contributed by atoms with Gasteiger partial charge in [0.05, 0.1) is 33.8 Å². The molecule has 0 aliphatic carbocycles. The number of hydrogen-bond acceptors (Lipinski definition) is 2. The fourth-order valence-electron chi connectivity index (χ4n) is 2.86. The van der Waals surface area contributed by atoms with E-state index in [1.54, 1.807) is 0 Å². The fourth-order valence-corrected chi connectivity index (χ4v) is 2.86. The molecule has 0 N–H and O–H groups in total. The maximum Gasteiger partial charge on any atom is 0.330 e. The van der Waals surface area contributed by atoms with Gasteiger partial charge >= 0.3 is 5.97 Å². The predicted octanol–water partition coefficient (Wildman–Crippen LogP) is 2.11. The number of halogens is 1. The minimum Gasteiger partial charge on any atom is -1.00 e. The summed E-state index contributed by atoms with van der Waals surface area (Å²) in [5, 5.41) is 0. The maximum absolute atomic E-state index is 11.0. The lowest BCUT2D eigenvalue weighted by atomic mass is 10.1. The van der Waals surface area contributed by atoms with Gasteiger partial charge in [0, 0.05) is 12.5 Å². The molecule has 0 fully saturated rings. The minimum absolute atomic E-state index is 0. The molecule has 0 amide bonds. The smallest absolute Gasteiger partial charge is 0.330 e. The molecule has 0 saturated carbocycles. The van der Waals surface area contributed by atoms with E-state index in [1.807, 2.05) is 0 Å². The summed E-state index contributed by atoms with van der Waals surface area (Å²) in [6.07, 6.45) is 16.0. The molecule has 144 valence electrons. The lowest BCUT2D eigenvalue weighted by Crippen LogP contribution is -3.00. The van der Waals surface area contributed by atoms with E-state index in [0.29, 0.717) is 6.61 Å². The molecule has 0 aromatic carbocycles. The summed E-state index contributed by atoms with van der Waals surface area (Å²) < 4.78 is 6.04. The van der Waals surface area contributed by atoms with Crippen molar-refractivity contribution in [3.8, 4) is 0 Å². The van der Waals surface area contributed by atoms with Crippen LogP contribution in [0.2, 0.25) is 0 Å². The number of carbonyl (C=O) groups is 1. The van der Waals surface area contributed by atoms with E-state index < -0.39 is 0 Å². The molecular formula is C20H40ClNO2. The lowest BCUT2D eigenvalue weighted by molar-refractivity contribution is -0.890. The highest BCUT2D eigenvalue weighted by Crippen LogP contribution is 2.11. The van der Waals surface area contributed by atoms with Crippen molar-refractivity contribution in [1.82, 2.24) is 0 Å². The van der Waals surface area contributed by atoms with Crippen LogP contribution in [0, 0.1) is 0 Å². The van der Waals surface area contributed by atoms with Crippen LogP contribution in [0.5, 0.6) is 0 Å². The Morgan fingerprint density at radius 2 is 1.33 bits per heavy atom. The van der Waals surface area contributed by atoms with E-state index in [-0.39, 0.29) is 18.4 Å². The van der Waals surface area contributed by atoms with Crippen LogP contribution in [0.15, 0.2) is 12.7 Å². The molecule has 0 unspecified atom stereocenters. The van der Waals surface area contributed by atoms with E-state index in [0.717, 1.165) is 17.4 Å². The first-order chi connectivity index (χ1) is 11.0. The second-order valence-electron chi connectivity index (χ2n) is 7.29. The molecule has 0 bridgehead atoms. The Kier molecular flexibility index (Phi) is 18.5. The molecule has 0 spiro atoms. The summed E-state index contributed by atoms with van der Waals surface area (Å²) in [5.41, 5.74) is 0. The predicted molar refractivity (Wildman–Crippen MR) is 99.5 cm³/mol. The SMILES string of the molecule is C=CC(=O)OCCC[N+](C)(C)CCCCCCCCCCCC.[Cl-]. The van der Waals surface area contributed by atoms with Gasteiger partial charge in [0.2, 0.25) is 0 Å². The Hall–Kier alpha value is -0.540. The molecule has 0 aromatic rings. The number of hydrogen-bond donors (Lipinski definition) is 0. The topological polar surface area (TPSA) is 26.3 Å². The Labute approximate surface area is 156 Å². The van der Waals surface area contributed by atoms with Crippen molar-refractivity contribution in [3.05, 3.63) is 12.7 Å². The quantitative estimate of drug-likeness (QED) is 0.182. The summed E-state index contributed by atoms with van der Waals surface area (Å²) in [7, 11) is 4.53. The van der Waals surface area contributed by atoms with Crippen LogP contribution in [0.25, 0.3) is 0 Å². The van der Waals surface area contributed by atoms with Gasteiger partial charge in [-0.25, -0.2) is 4.79 Å². The molecule has 0 saturated heterocycles. The van der Waals surface area contributed by atoms with Crippen LogP contribution >= 0.6 is 0 Å². The van der Waals surface area contributed by atoms with Gasteiger partial charge in [-0.05, 0) is 12.8 Å². The molecule has 0 aromatic heterocycles. The highest BCUT2D eigenvalue weighted by molar-refractivity contribution is 5.81. The zero-order chi connectivity index (χ0) is 17.4. The van der Waals surface area contributed by atoms with E-state index in [2.05, 4.69) is 27.6 Å². The summed E-state index contributed by atoms with van der Waals surface area (Å²) in [6, 6.07) is 0. The third kappa shape index (κ3) is 17.8. The van der Waals surface area contributed by atoms with Gasteiger partial charge in [-0.2, -0.15) is 0 Å². The summed E-state index contributed by atoms with van der Waals surface area (Å²) in [4.78, 5) is 11.0. The van der Waals surface area contributed by atoms with Crippen LogP contribution in [0.1, 0.15) is 77.6 Å². The Morgan fingerprint density at radius 3 is 1.83 bits per heavy atom. The Balaban J connectivity index is 0. The van der Waals surface area contributed by atoms with Crippen LogP contribution in [-0.2, 0) is 9.53 Å². The number of unbranched alkanes of at least 4 members (excludes halogenated alkanes) is 9. The second-order valence-corrected chi connectivity index (χ2v) is 7.29. The normalized spacial score (nSPS) is 11.0. The monoisotopic (exact) mass is 361 g/mol. The molecule has 0 aliphatic rings. The largest absolute Gasteiger partial charge is 1.00 e. The van der Waals surface area contributed by atoms with Gasteiger partial charge in [0.15, 0.2) is 0 Å². The molecule has 0 heterocycles. The standard InChI is InChI=1S/C20H40NO2.ClH/c1-5-7-8-9-10-11-12-13-14-15-17-21(3,4)18-16-19-23-20(22)6-2;/h6H,2,5,7-19H2,1,3-4H3;1H/q+1;/p-1. The van der Waals surface area contributed by atoms with E-state index in [1.165, 1.54) is 76.8 Å². The van der Waals surface area contributed by atoms with Crippen molar-refractivity contribution in [2.24, 2.45) is 0 Å². The number of nitrogens with zero attached hydrogens (tertiary/aromatic N) is 1. The average molecular weight is 362 g/mol. The van der Waals surface area contributed by atoms with Crippen LogP contribution in [0.3, 0.4) is 0 Å². The van der Waals surface area contributed by atoms with Crippen LogP contribution < -0.4 is 12.4 Å². The van der Waals surface area contributed by atoms with Crippen molar-refractivity contribution < 1.29 is 26.4 Å². The molecule has 0 atom stereocenters. The molecule has 4 heteroatoms. The maximum atomic E-state index is 11.0. The van der Waals surface area contributed by atoms with E-state index in [9.17, 15) is 4.79 Å². The van der Waals surface area contributed by atoms with E-state index >= 15 is 0 Å². The van der Waals surface area contributed by atoms with Crippen molar-refractivity contribution in [2.75, 3.05) is 33.8 Å². The fraction of sp³-hybridized carbons (Fsp3) is 0.850. The molecule has 0 radical (unpaired) electrons. The molecule has 0 aliphatic heterocycles. The molecular weight excluding hydrogens is 322 g/mol. The second kappa shape index (κ2) is 17.3. The van der Waals surface area contributed by atoms with Crippen molar-refractivity contribution in [2.45, 2.75) is 77.6 Å². The van der Waals surface area contributed by atoms with Crippen LogP contribution in [0.4, 0.5) is 0 Å². The van der Waals surface area contributed by atoms with Gasteiger partial charge in [-0.1, -0.05) is 64.9 Å². The van der Waals surface area contributed by atoms with Crippen molar-refractivity contribution in [1.29, 1.82) is 0 Å². The summed E-state index contributed by atoms with van der Waals surface area (Å²) in [5.74, 6) is -0.315. The molecule has 0 rings (SSSR count). The zero-order valence-electron chi connectivity index (χ0n) is 16.3. The van der Waals surface area contributed by atoms with Gasteiger partial charge in [0.25, 0.3) is 0 Å². The third-order valence-electron chi connectivity index (χ3n) is 4.44. The van der Waals surface area contributed by atoms with Gasteiger partial charge < -0.3 is 21.6 Å². The number of carbonyl (C=O) groups excluding carboxylic acids is 1. The van der Waals surface area contributed by atoms with Gasteiger partial charge in [0.1, 0.15) is 0 Å². The van der Waals surface area contributed by atoms with Crippen LogP contribution in [-0.4, -0.2) is 44.2 Å². The zero-order valence-corrected chi connectivity index (χ0v) is 17.1. The Bertz CT molecular complexity index is 306. The Morgan fingerprint density at radius 1 is 0.875 bits per heavy atom. The van der Waals surface area contributed by atoms with Crippen molar-refractivity contribution >= 4 is 5.97 Å². The molecule has 3 nitrogen and oxygen atoms in total. The highest BCUT2D eigenvalue weighted by atomic mass is 35.5. The summed E-state index contributed by atoms with van der Waals surface area (Å²) >= 11 is 0. The van der Waals surface area contributed by atoms with Gasteiger partial charge in [-0.15, -0.1) is 0 Å². The number of rotatable bonds is 16. The molecule has 24 heavy (non-hydrogen) atoms. The number of esters is 1. The minimum atomic E-state index is -0.315. The summed E-state index contributed by atoms with van der Waals surface area (Å²) in [6.45, 7) is 8.45. The van der Waals surface area contributed by atoms with E-state index in [4.69, 9.17) is 4.74 Å².